The van der Waals surface area contributed by atoms with Crippen LogP contribution in [-0.2, 0) is 12.4 Å². The summed E-state index contributed by atoms with van der Waals surface area (Å²) in [6, 6.07) is 17.1. The van der Waals surface area contributed by atoms with E-state index in [4.69, 9.17) is 4.74 Å². The first-order valence-electron chi connectivity index (χ1n) is 13.8. The van der Waals surface area contributed by atoms with Gasteiger partial charge in [-0.3, -0.25) is 4.57 Å². The minimum atomic E-state index is -4.89. The molecule has 230 valence electrons. The van der Waals surface area contributed by atoms with E-state index >= 15 is 0 Å². The molecular formula is C34H26F6N4O. The van der Waals surface area contributed by atoms with Gasteiger partial charge in [-0.25, -0.2) is 9.97 Å². The number of halogens is 6. The van der Waals surface area contributed by atoms with Crippen molar-refractivity contribution < 1.29 is 31.1 Å². The minimum Gasteiger partial charge on any atom is -0.439 e. The number of anilines is 1. The number of ether oxygens (including phenoxy) is 1. The molecule has 0 radical (unpaired) electrons. The number of benzene rings is 3. The number of hydrogen-bond donors (Lipinski definition) is 0. The van der Waals surface area contributed by atoms with Gasteiger partial charge in [-0.05, 0) is 91.2 Å². The van der Waals surface area contributed by atoms with Crippen LogP contribution in [0.1, 0.15) is 22.3 Å². The van der Waals surface area contributed by atoms with E-state index in [-0.39, 0.29) is 17.2 Å². The fourth-order valence-electron chi connectivity index (χ4n) is 5.37. The zero-order valence-corrected chi connectivity index (χ0v) is 24.5. The van der Waals surface area contributed by atoms with Gasteiger partial charge < -0.3 is 9.64 Å². The molecule has 0 aliphatic heterocycles. The van der Waals surface area contributed by atoms with Crippen molar-refractivity contribution in [3.8, 4) is 28.6 Å². The largest absolute Gasteiger partial charge is 0.439 e. The Balaban J connectivity index is 1.65. The van der Waals surface area contributed by atoms with Crippen molar-refractivity contribution in [3.05, 3.63) is 107 Å². The highest BCUT2D eigenvalue weighted by atomic mass is 19.4. The predicted octanol–water partition coefficient (Wildman–Crippen LogP) is 9.75. The molecule has 0 unspecified atom stereocenters. The van der Waals surface area contributed by atoms with E-state index in [1.807, 2.05) is 19.9 Å². The Kier molecular flexibility index (Phi) is 7.22. The molecule has 0 N–H and O–H groups in total. The molecule has 45 heavy (non-hydrogen) atoms. The van der Waals surface area contributed by atoms with Crippen LogP contribution in [0.25, 0.3) is 38.8 Å². The molecule has 6 rings (SSSR count). The maximum atomic E-state index is 14.7. The Morgan fingerprint density at radius 1 is 0.689 bits per heavy atom. The lowest BCUT2D eigenvalue weighted by Crippen LogP contribution is -2.10. The van der Waals surface area contributed by atoms with Crippen molar-refractivity contribution in [1.29, 1.82) is 0 Å². The van der Waals surface area contributed by atoms with Gasteiger partial charge in [0, 0.05) is 49.0 Å². The molecule has 0 atom stereocenters. The summed E-state index contributed by atoms with van der Waals surface area (Å²) >= 11 is 0. The van der Waals surface area contributed by atoms with Crippen molar-refractivity contribution in [3.63, 3.8) is 0 Å². The third-order valence-corrected chi connectivity index (χ3v) is 7.50. The van der Waals surface area contributed by atoms with Crippen LogP contribution in [0.4, 0.5) is 32.0 Å². The zero-order chi connectivity index (χ0) is 32.3. The number of alkyl halides is 6. The second-order valence-electron chi connectivity index (χ2n) is 11.1. The highest BCUT2D eigenvalue weighted by Gasteiger charge is 2.37. The maximum Gasteiger partial charge on any atom is 0.417 e. The van der Waals surface area contributed by atoms with Crippen LogP contribution in [0.15, 0.2) is 85.2 Å². The maximum absolute atomic E-state index is 14.7. The summed E-state index contributed by atoms with van der Waals surface area (Å²) < 4.78 is 94.1. The summed E-state index contributed by atoms with van der Waals surface area (Å²) in [7, 11) is 3.53. The lowest BCUT2D eigenvalue weighted by molar-refractivity contribution is -0.137. The van der Waals surface area contributed by atoms with Gasteiger partial charge in [0.2, 0.25) is 5.88 Å². The molecule has 3 heterocycles. The number of hydrogen-bond acceptors (Lipinski definition) is 4. The normalized spacial score (nSPS) is 12.2. The molecule has 0 saturated heterocycles. The second kappa shape index (κ2) is 10.8. The summed E-state index contributed by atoms with van der Waals surface area (Å²) in [6.07, 6.45) is -6.74. The quantitative estimate of drug-likeness (QED) is 0.180. The lowest BCUT2D eigenvalue weighted by atomic mass is 9.95. The third kappa shape index (κ3) is 5.77. The van der Waals surface area contributed by atoms with Gasteiger partial charge in [0.1, 0.15) is 11.6 Å². The summed E-state index contributed by atoms with van der Waals surface area (Å²) in [6.45, 7) is 3.70. The van der Waals surface area contributed by atoms with Gasteiger partial charge in [-0.2, -0.15) is 26.3 Å². The fraction of sp³-hybridized carbons (Fsp3) is 0.176. The van der Waals surface area contributed by atoms with E-state index in [1.165, 1.54) is 18.3 Å². The van der Waals surface area contributed by atoms with E-state index in [0.717, 1.165) is 29.3 Å². The number of rotatable bonds is 5. The first-order valence-corrected chi connectivity index (χ1v) is 13.8. The summed E-state index contributed by atoms with van der Waals surface area (Å²) in [4.78, 5) is 10.3. The number of aromatic nitrogens is 3. The van der Waals surface area contributed by atoms with Crippen molar-refractivity contribution in [2.75, 3.05) is 19.0 Å². The Hall–Kier alpha value is -5.06. The fourth-order valence-corrected chi connectivity index (χ4v) is 5.37. The molecule has 5 nitrogen and oxygen atoms in total. The summed E-state index contributed by atoms with van der Waals surface area (Å²) in [5.41, 5.74) is 0.358. The molecular weight excluding hydrogens is 594 g/mol. The Bertz CT molecular complexity index is 2080. The van der Waals surface area contributed by atoms with E-state index < -0.39 is 29.0 Å². The first kappa shape index (κ1) is 30.0. The van der Waals surface area contributed by atoms with Gasteiger partial charge in [0.05, 0.1) is 22.2 Å². The molecule has 0 saturated carbocycles. The van der Waals surface area contributed by atoms with E-state index in [1.54, 1.807) is 60.1 Å². The van der Waals surface area contributed by atoms with Crippen molar-refractivity contribution in [1.82, 2.24) is 14.5 Å². The number of aryl methyl sites for hydroxylation is 2. The van der Waals surface area contributed by atoms with Crippen LogP contribution in [0.3, 0.4) is 0 Å². The topological polar surface area (TPSA) is 43.2 Å². The monoisotopic (exact) mass is 620 g/mol. The van der Waals surface area contributed by atoms with Crippen molar-refractivity contribution >= 4 is 27.5 Å². The highest BCUT2D eigenvalue weighted by Crippen LogP contribution is 2.45. The first-order chi connectivity index (χ1) is 21.2. The van der Waals surface area contributed by atoms with Crippen molar-refractivity contribution in [2.45, 2.75) is 26.2 Å². The molecule has 0 aliphatic rings. The van der Waals surface area contributed by atoms with Crippen LogP contribution in [0.2, 0.25) is 0 Å². The standard InChI is InChI=1S/C34H26F6N4O/c1-19-5-6-29-26(11-19)27-17-28(34(38,39)40)25(18-30(27)44(29)31-12-20(2)7-9-41-31)21-13-22(33(35,36)37)15-24(14-21)45-32-16-23(43(3)4)8-10-42-32/h5-18H,1-4H3. The van der Waals surface area contributed by atoms with Gasteiger partial charge >= 0.3 is 12.4 Å². The molecule has 11 heteroatoms. The van der Waals surface area contributed by atoms with Gasteiger partial charge in [-0.15, -0.1) is 0 Å². The molecule has 0 fully saturated rings. The second-order valence-corrected chi connectivity index (χ2v) is 11.1. The van der Waals surface area contributed by atoms with E-state index in [2.05, 4.69) is 9.97 Å². The van der Waals surface area contributed by atoms with Gasteiger partial charge in [-0.1, -0.05) is 11.6 Å². The average Bonchev–Trinajstić information content (AvgIpc) is 3.28. The van der Waals surface area contributed by atoms with Gasteiger partial charge in [0.15, 0.2) is 0 Å². The lowest BCUT2D eigenvalue weighted by Gasteiger charge is -2.18. The Morgan fingerprint density at radius 3 is 2.09 bits per heavy atom. The minimum absolute atomic E-state index is 0.0148. The van der Waals surface area contributed by atoms with Crippen LogP contribution >= 0.6 is 0 Å². The summed E-state index contributed by atoms with van der Waals surface area (Å²) in [5.74, 6) is 0.136. The van der Waals surface area contributed by atoms with Crippen LogP contribution in [-0.4, -0.2) is 28.6 Å². The molecule has 3 aromatic heterocycles. The molecule has 0 amide bonds. The molecule has 0 aliphatic carbocycles. The molecule has 0 spiro atoms. The number of pyridine rings is 2. The predicted molar refractivity (Wildman–Crippen MR) is 162 cm³/mol. The van der Waals surface area contributed by atoms with Crippen LogP contribution in [0, 0.1) is 13.8 Å². The Morgan fingerprint density at radius 2 is 1.40 bits per heavy atom. The van der Waals surface area contributed by atoms with E-state index in [0.29, 0.717) is 39.4 Å². The molecule has 3 aromatic carbocycles. The third-order valence-electron chi connectivity index (χ3n) is 7.50. The smallest absolute Gasteiger partial charge is 0.417 e. The average molecular weight is 621 g/mol. The zero-order valence-electron chi connectivity index (χ0n) is 24.5. The highest BCUT2D eigenvalue weighted by molar-refractivity contribution is 6.11. The molecule has 0 bridgehead atoms. The number of fused-ring (bicyclic) bond motifs is 3. The van der Waals surface area contributed by atoms with Crippen LogP contribution < -0.4 is 9.64 Å². The van der Waals surface area contributed by atoms with Crippen LogP contribution in [0.5, 0.6) is 11.6 Å². The SMILES string of the molecule is Cc1ccnc(-n2c3ccc(C)cc3c3cc(C(F)(F)F)c(-c4cc(Oc5cc(N(C)C)ccn5)cc(C(F)(F)F)c4)cc32)c1. The number of nitrogens with zero attached hydrogens (tertiary/aromatic N) is 4. The Labute approximate surface area is 254 Å². The van der Waals surface area contributed by atoms with Gasteiger partial charge in [0.25, 0.3) is 0 Å². The van der Waals surface area contributed by atoms with Crippen molar-refractivity contribution in [2.24, 2.45) is 0 Å². The summed E-state index contributed by atoms with van der Waals surface area (Å²) in [5, 5.41) is 0.853. The van der Waals surface area contributed by atoms with E-state index in [9.17, 15) is 26.3 Å². The molecule has 6 aromatic rings.